The summed E-state index contributed by atoms with van der Waals surface area (Å²) in [5.74, 6) is 0. The van der Waals surface area contributed by atoms with Gasteiger partial charge in [-0.15, -0.1) is 0 Å². The van der Waals surface area contributed by atoms with Gasteiger partial charge >= 0.3 is 41.2 Å². The Hall–Kier alpha value is -3.62. The first-order valence-corrected chi connectivity index (χ1v) is 22.2. The zero-order valence-electron chi connectivity index (χ0n) is 33.3. The molecule has 7 rings (SSSR count). The second kappa shape index (κ2) is 28.2. The molecule has 2 aliphatic rings. The number of rotatable bonds is 8. The minimum absolute atomic E-state index is 0. The number of allylic oxidation sites excluding steroid dienone is 4. The monoisotopic (exact) mass is 1000 g/mol. The molecule has 0 spiro atoms. The van der Waals surface area contributed by atoms with Gasteiger partial charge in [0.2, 0.25) is 0 Å². The number of benzene rings is 5. The van der Waals surface area contributed by atoms with Gasteiger partial charge in [0.1, 0.15) is 0 Å². The molecule has 334 valence electrons. The summed E-state index contributed by atoms with van der Waals surface area (Å²) in [7, 11) is -19.1. The minimum Gasteiger partial charge on any atom is -0.418 e. The van der Waals surface area contributed by atoms with Crippen molar-refractivity contribution >= 4 is 58.8 Å². The van der Waals surface area contributed by atoms with E-state index < -0.39 is 37.6 Å². The molecule has 5 aromatic rings. The summed E-state index contributed by atoms with van der Waals surface area (Å²) in [4.78, 5) is 2.73. The molecule has 1 nitrogen and oxygen atoms in total. The van der Waals surface area contributed by atoms with Gasteiger partial charge in [-0.1, -0.05) is 176 Å². The van der Waals surface area contributed by atoms with E-state index in [0.29, 0.717) is 11.3 Å². The van der Waals surface area contributed by atoms with E-state index >= 15 is 0 Å². The Morgan fingerprint density at radius 2 is 0.645 bits per heavy atom. The Balaban J connectivity index is 0.000000452. The molecule has 1 heterocycles. The topological polar surface area (TPSA) is 3.24 Å². The fourth-order valence-electron chi connectivity index (χ4n) is 6.62. The largest absolute Gasteiger partial charge is 3.00 e. The van der Waals surface area contributed by atoms with Gasteiger partial charge < -0.3 is 51.8 Å². The van der Waals surface area contributed by atoms with Crippen LogP contribution in [0.4, 0.5) is 51.8 Å². The molecule has 0 bridgehead atoms. The number of hydrogen-bond donors (Lipinski definition) is 0. The third-order valence-corrected chi connectivity index (χ3v) is 14.8. The first-order valence-electron chi connectivity index (χ1n) is 19.4. The molecule has 1 fully saturated rings. The Kier molecular flexibility index (Phi) is 24.8. The van der Waals surface area contributed by atoms with E-state index in [1.807, 2.05) is 0 Å². The van der Waals surface area contributed by atoms with Crippen molar-refractivity contribution in [3.8, 4) is 0 Å². The van der Waals surface area contributed by atoms with Crippen LogP contribution in [0.25, 0.3) is 0 Å². The van der Waals surface area contributed by atoms with Crippen molar-refractivity contribution in [1.82, 2.24) is 4.90 Å². The van der Waals surface area contributed by atoms with Crippen molar-refractivity contribution in [3.63, 3.8) is 0 Å². The van der Waals surface area contributed by atoms with Gasteiger partial charge in [-0.2, -0.15) is 0 Å². The molecule has 1 aliphatic carbocycles. The predicted octanol–water partition coefficient (Wildman–Crippen LogP) is 13.1. The van der Waals surface area contributed by atoms with E-state index in [1.54, 1.807) is 0 Å². The summed E-state index contributed by atoms with van der Waals surface area (Å²) < 4.78 is 117. The standard InChI is InChI=1S/C35H33NP2.C8H12.3BF4.Rh/c1-6-16-29(17-7-1)26-36-27-34(37(30-18-8-2-9-19-30)31-20-10-3-11-21-31)35(28-36)38(32-22-12-4-13-23-32)33-24-14-5-15-25-33;1-2-4-6-8-7-5-3-1;3*2-1(3,4)5;/h1-25,34-35H,26-28H2;1-4H,5-8H2;;;;/q;;3*-1;+3/b;3-1-,4-2-;;;;/t34-,35-;;;;;/m1...../s1. The van der Waals surface area contributed by atoms with E-state index in [0.717, 1.165) is 19.6 Å². The van der Waals surface area contributed by atoms with Crippen molar-refractivity contribution in [2.45, 2.75) is 43.5 Å². The van der Waals surface area contributed by atoms with Gasteiger partial charge in [-0.25, -0.2) is 0 Å². The van der Waals surface area contributed by atoms with Gasteiger partial charge in [0.05, 0.1) is 0 Å². The molecule has 0 radical (unpaired) electrons. The molecule has 5 aromatic carbocycles. The molecule has 1 aliphatic heterocycles. The Bertz CT molecular complexity index is 1740. The molecule has 0 N–H and O–H groups in total. The van der Waals surface area contributed by atoms with Crippen LogP contribution >= 0.6 is 15.8 Å². The maximum absolute atomic E-state index is 9.75. The first kappa shape index (κ1) is 54.5. The number of likely N-dealkylation sites (tertiary alicyclic amines) is 1. The van der Waals surface area contributed by atoms with Crippen LogP contribution in [0.1, 0.15) is 31.2 Å². The van der Waals surface area contributed by atoms with Crippen LogP contribution in [0.3, 0.4) is 0 Å². The zero-order chi connectivity index (χ0) is 44.7. The van der Waals surface area contributed by atoms with Crippen molar-refractivity contribution < 1.29 is 71.3 Å². The van der Waals surface area contributed by atoms with Crippen LogP contribution in [-0.4, -0.2) is 51.1 Å². The zero-order valence-corrected chi connectivity index (χ0v) is 36.7. The average Bonchev–Trinajstić information content (AvgIpc) is 3.57. The molecule has 0 unspecified atom stereocenters. The third-order valence-electron chi connectivity index (χ3n) is 8.76. The second-order valence-corrected chi connectivity index (χ2v) is 18.4. The van der Waals surface area contributed by atoms with Crippen LogP contribution < -0.4 is 21.2 Å². The predicted molar refractivity (Wildman–Crippen MR) is 235 cm³/mol. The van der Waals surface area contributed by atoms with Gasteiger partial charge in [0, 0.05) is 31.0 Å². The maximum atomic E-state index is 9.75. The number of hydrogen-bond acceptors (Lipinski definition) is 1. The van der Waals surface area contributed by atoms with Crippen LogP contribution in [0.5, 0.6) is 0 Å². The Morgan fingerprint density at radius 1 is 0.403 bits per heavy atom. The fraction of sp³-hybridized carbons (Fsp3) is 0.209. The SMILES string of the molecule is C1=C\CCCC\C=C/1.F[B-](F)(F)F.F[B-](F)(F)F.F[B-](F)(F)F.[Rh+3].c1ccc(CN2C[C@@H](P(c3ccccc3)c3ccccc3)[C@H](P(c3ccccc3)c3ccccc3)C2)cc1. The fourth-order valence-corrected chi connectivity index (χ4v) is 13.2. The summed E-state index contributed by atoms with van der Waals surface area (Å²) in [6.45, 7) is 3.24. The molecule has 0 amide bonds. The summed E-state index contributed by atoms with van der Waals surface area (Å²) in [6.07, 6.45) is 14.0. The second-order valence-electron chi connectivity index (χ2n) is 13.5. The van der Waals surface area contributed by atoms with E-state index in [9.17, 15) is 51.8 Å². The van der Waals surface area contributed by atoms with Gasteiger partial charge in [0.15, 0.2) is 0 Å². The van der Waals surface area contributed by atoms with Crippen molar-refractivity contribution in [2.75, 3.05) is 13.1 Å². The van der Waals surface area contributed by atoms with E-state index in [2.05, 4.69) is 181 Å². The molecule has 1 saturated heterocycles. The Labute approximate surface area is 371 Å². The van der Waals surface area contributed by atoms with E-state index in [1.165, 1.54) is 52.5 Å². The normalized spacial score (nSPS) is 17.4. The summed E-state index contributed by atoms with van der Waals surface area (Å²) in [5, 5.41) is 5.95. The van der Waals surface area contributed by atoms with Gasteiger partial charge in [0.25, 0.3) is 0 Å². The Morgan fingerprint density at radius 3 is 0.903 bits per heavy atom. The first-order chi connectivity index (χ1) is 28.9. The van der Waals surface area contributed by atoms with Crippen molar-refractivity contribution in [3.05, 3.63) is 182 Å². The summed E-state index contributed by atoms with van der Waals surface area (Å²) in [6, 6.07) is 56.3. The van der Waals surface area contributed by atoms with Crippen LogP contribution in [0.15, 0.2) is 176 Å². The number of halogens is 12. The molecule has 2 atom stereocenters. The van der Waals surface area contributed by atoms with Crippen LogP contribution in [0, 0.1) is 0 Å². The third kappa shape index (κ3) is 24.3. The van der Waals surface area contributed by atoms with E-state index in [4.69, 9.17) is 0 Å². The smallest absolute Gasteiger partial charge is 0.418 e. The minimum atomic E-state index is -6.00. The number of nitrogens with zero attached hydrogens (tertiary/aromatic N) is 1. The van der Waals surface area contributed by atoms with Crippen LogP contribution in [0.2, 0.25) is 0 Å². The molecule has 0 saturated carbocycles. The summed E-state index contributed by atoms with van der Waals surface area (Å²) >= 11 is 0. The molecular formula is C43H45B3F12NP2Rh. The van der Waals surface area contributed by atoms with Gasteiger partial charge in [-0.05, 0) is 68.3 Å². The van der Waals surface area contributed by atoms with Crippen LogP contribution in [-0.2, 0) is 26.0 Å². The van der Waals surface area contributed by atoms with E-state index in [-0.39, 0.29) is 19.5 Å². The van der Waals surface area contributed by atoms with Crippen molar-refractivity contribution in [2.24, 2.45) is 0 Å². The molecular weight excluding hydrogens is 956 g/mol. The van der Waals surface area contributed by atoms with Crippen molar-refractivity contribution in [1.29, 1.82) is 0 Å². The quantitative estimate of drug-likeness (QED) is 0.0851. The molecule has 62 heavy (non-hydrogen) atoms. The summed E-state index contributed by atoms with van der Waals surface area (Å²) in [5.41, 5.74) is 2.52. The molecule has 0 aromatic heterocycles. The molecule has 19 heteroatoms. The average molecular weight is 1000 g/mol. The maximum Gasteiger partial charge on any atom is 3.00 e. The van der Waals surface area contributed by atoms with Gasteiger partial charge in [-0.3, -0.25) is 4.90 Å².